The van der Waals surface area contributed by atoms with Crippen molar-refractivity contribution in [3.63, 3.8) is 0 Å². The van der Waals surface area contributed by atoms with Gasteiger partial charge < -0.3 is 9.64 Å². The van der Waals surface area contributed by atoms with Crippen LogP contribution in [-0.4, -0.2) is 24.5 Å². The highest BCUT2D eigenvalue weighted by atomic mass is 16.5. The zero-order chi connectivity index (χ0) is 16.8. The molecule has 0 saturated carbocycles. The standard InChI is InChI=1S/C19H25NO3/c1-14(2)13-15(3)23-19(22)11-8-16-6-9-17(10-7-16)20-12-4-5-18(20)21/h6-11,14-15H,4-5,12-13H2,1-3H3. The Morgan fingerprint density at radius 1 is 1.26 bits per heavy atom. The lowest BCUT2D eigenvalue weighted by atomic mass is 10.1. The summed E-state index contributed by atoms with van der Waals surface area (Å²) in [4.78, 5) is 25.3. The number of carbonyl (C=O) groups is 2. The molecule has 23 heavy (non-hydrogen) atoms. The van der Waals surface area contributed by atoms with Crippen molar-refractivity contribution in [2.75, 3.05) is 11.4 Å². The van der Waals surface area contributed by atoms with E-state index in [1.165, 1.54) is 6.08 Å². The summed E-state index contributed by atoms with van der Waals surface area (Å²) < 4.78 is 5.32. The maximum absolute atomic E-state index is 11.8. The third-order valence-electron chi connectivity index (χ3n) is 3.81. The first-order chi connectivity index (χ1) is 11.0. The van der Waals surface area contributed by atoms with E-state index in [0.717, 1.165) is 30.6 Å². The topological polar surface area (TPSA) is 46.6 Å². The molecule has 0 bridgehead atoms. The predicted octanol–water partition coefficient (Wildman–Crippen LogP) is 3.80. The van der Waals surface area contributed by atoms with Crippen LogP contribution in [0.15, 0.2) is 30.3 Å². The number of ether oxygens (including phenoxy) is 1. The van der Waals surface area contributed by atoms with Gasteiger partial charge in [0.05, 0.1) is 6.10 Å². The molecule has 4 heteroatoms. The van der Waals surface area contributed by atoms with Crippen LogP contribution in [0.3, 0.4) is 0 Å². The fourth-order valence-corrected chi connectivity index (χ4v) is 2.80. The molecule has 0 radical (unpaired) electrons. The number of amides is 1. The molecule has 0 spiro atoms. The van der Waals surface area contributed by atoms with Gasteiger partial charge in [-0.05, 0) is 49.5 Å². The molecule has 1 atom stereocenters. The SMILES string of the molecule is CC(C)CC(C)OC(=O)C=Cc1ccc(N2CCCC2=O)cc1. The molecular formula is C19H25NO3. The lowest BCUT2D eigenvalue weighted by molar-refractivity contribution is -0.142. The van der Waals surface area contributed by atoms with E-state index in [-0.39, 0.29) is 18.0 Å². The molecule has 1 aromatic carbocycles. The Bertz CT molecular complexity index is 575. The summed E-state index contributed by atoms with van der Waals surface area (Å²) >= 11 is 0. The van der Waals surface area contributed by atoms with Crippen LogP contribution in [0.1, 0.15) is 45.6 Å². The second-order valence-electron chi connectivity index (χ2n) is 6.45. The van der Waals surface area contributed by atoms with Crippen LogP contribution in [0.5, 0.6) is 0 Å². The molecule has 1 fully saturated rings. The molecule has 124 valence electrons. The molecule has 1 aliphatic heterocycles. The zero-order valence-electron chi connectivity index (χ0n) is 14.1. The molecule has 0 aliphatic carbocycles. The van der Waals surface area contributed by atoms with E-state index in [9.17, 15) is 9.59 Å². The molecule has 1 saturated heterocycles. The van der Waals surface area contributed by atoms with Crippen molar-refractivity contribution in [3.8, 4) is 0 Å². The maximum Gasteiger partial charge on any atom is 0.331 e. The summed E-state index contributed by atoms with van der Waals surface area (Å²) in [5.41, 5.74) is 1.83. The van der Waals surface area contributed by atoms with Crippen LogP contribution in [0, 0.1) is 5.92 Å². The van der Waals surface area contributed by atoms with E-state index < -0.39 is 0 Å². The number of hydrogen-bond donors (Lipinski definition) is 0. The Balaban J connectivity index is 1.90. The normalized spacial score (nSPS) is 16.3. The fourth-order valence-electron chi connectivity index (χ4n) is 2.80. The Labute approximate surface area is 138 Å². The van der Waals surface area contributed by atoms with Gasteiger partial charge in [-0.1, -0.05) is 26.0 Å². The minimum absolute atomic E-state index is 0.0734. The molecule has 1 heterocycles. The van der Waals surface area contributed by atoms with Crippen LogP contribution in [0.25, 0.3) is 6.08 Å². The monoisotopic (exact) mass is 315 g/mol. The van der Waals surface area contributed by atoms with Crippen molar-refractivity contribution in [1.82, 2.24) is 0 Å². The van der Waals surface area contributed by atoms with Crippen molar-refractivity contribution in [2.24, 2.45) is 5.92 Å². The molecule has 2 rings (SSSR count). The predicted molar refractivity (Wildman–Crippen MR) is 92.1 cm³/mol. The van der Waals surface area contributed by atoms with Gasteiger partial charge in [0, 0.05) is 24.7 Å². The number of esters is 1. The van der Waals surface area contributed by atoms with Gasteiger partial charge in [-0.25, -0.2) is 4.79 Å². The highest BCUT2D eigenvalue weighted by Gasteiger charge is 2.21. The van der Waals surface area contributed by atoms with Crippen LogP contribution in [-0.2, 0) is 14.3 Å². The van der Waals surface area contributed by atoms with E-state index in [4.69, 9.17) is 4.74 Å². The van der Waals surface area contributed by atoms with Crippen molar-refractivity contribution < 1.29 is 14.3 Å². The highest BCUT2D eigenvalue weighted by molar-refractivity contribution is 5.95. The second-order valence-corrected chi connectivity index (χ2v) is 6.45. The average molecular weight is 315 g/mol. The van der Waals surface area contributed by atoms with E-state index in [1.807, 2.05) is 31.2 Å². The van der Waals surface area contributed by atoms with E-state index in [1.54, 1.807) is 11.0 Å². The van der Waals surface area contributed by atoms with E-state index in [2.05, 4.69) is 13.8 Å². The molecule has 1 amide bonds. The van der Waals surface area contributed by atoms with Gasteiger partial charge in [0.2, 0.25) is 5.91 Å². The minimum Gasteiger partial charge on any atom is -0.460 e. The first-order valence-corrected chi connectivity index (χ1v) is 8.25. The van der Waals surface area contributed by atoms with E-state index in [0.29, 0.717) is 12.3 Å². The number of anilines is 1. The van der Waals surface area contributed by atoms with Crippen LogP contribution >= 0.6 is 0 Å². The number of nitrogens with zero attached hydrogens (tertiary/aromatic N) is 1. The van der Waals surface area contributed by atoms with Crippen LogP contribution in [0.4, 0.5) is 5.69 Å². The second kappa shape index (κ2) is 7.95. The molecule has 1 aliphatic rings. The quantitative estimate of drug-likeness (QED) is 0.592. The minimum atomic E-state index is -0.322. The first-order valence-electron chi connectivity index (χ1n) is 8.25. The van der Waals surface area contributed by atoms with Crippen molar-refractivity contribution in [2.45, 2.75) is 46.1 Å². The fraction of sp³-hybridized carbons (Fsp3) is 0.474. The van der Waals surface area contributed by atoms with Gasteiger partial charge in [-0.2, -0.15) is 0 Å². The van der Waals surface area contributed by atoms with Gasteiger partial charge >= 0.3 is 5.97 Å². The van der Waals surface area contributed by atoms with Gasteiger partial charge in [0.1, 0.15) is 0 Å². The lowest BCUT2D eigenvalue weighted by Gasteiger charge is -2.15. The Kier molecular flexibility index (Phi) is 5.97. The average Bonchev–Trinajstić information content (AvgIpc) is 2.91. The number of rotatable bonds is 6. The van der Waals surface area contributed by atoms with Gasteiger partial charge in [-0.15, -0.1) is 0 Å². The lowest BCUT2D eigenvalue weighted by Crippen LogP contribution is -2.23. The third kappa shape index (κ3) is 5.23. The van der Waals surface area contributed by atoms with Crippen molar-refractivity contribution in [3.05, 3.63) is 35.9 Å². The molecular weight excluding hydrogens is 290 g/mol. The number of benzene rings is 1. The van der Waals surface area contributed by atoms with Crippen molar-refractivity contribution >= 4 is 23.6 Å². The van der Waals surface area contributed by atoms with Gasteiger partial charge in [0.15, 0.2) is 0 Å². The molecule has 4 nitrogen and oxygen atoms in total. The summed E-state index contributed by atoms with van der Waals surface area (Å²) in [6.07, 6.45) is 5.52. The largest absolute Gasteiger partial charge is 0.460 e. The van der Waals surface area contributed by atoms with Crippen molar-refractivity contribution in [1.29, 1.82) is 0 Å². The summed E-state index contributed by atoms with van der Waals surface area (Å²) in [7, 11) is 0. The number of carbonyl (C=O) groups excluding carboxylic acids is 2. The molecule has 0 N–H and O–H groups in total. The smallest absolute Gasteiger partial charge is 0.331 e. The summed E-state index contributed by atoms with van der Waals surface area (Å²) in [6, 6.07) is 7.63. The highest BCUT2D eigenvalue weighted by Crippen LogP contribution is 2.21. The number of hydrogen-bond acceptors (Lipinski definition) is 3. The molecule has 1 unspecified atom stereocenters. The molecule has 1 aromatic rings. The molecule has 0 aromatic heterocycles. The Morgan fingerprint density at radius 3 is 2.52 bits per heavy atom. The van der Waals surface area contributed by atoms with E-state index >= 15 is 0 Å². The van der Waals surface area contributed by atoms with Crippen LogP contribution in [0.2, 0.25) is 0 Å². The maximum atomic E-state index is 11.8. The third-order valence-corrected chi connectivity index (χ3v) is 3.81. The first kappa shape index (κ1) is 17.3. The summed E-state index contributed by atoms with van der Waals surface area (Å²) in [5.74, 6) is 0.357. The van der Waals surface area contributed by atoms with Crippen LogP contribution < -0.4 is 4.90 Å². The summed E-state index contributed by atoms with van der Waals surface area (Å²) in [5, 5.41) is 0. The van der Waals surface area contributed by atoms with Gasteiger partial charge in [0.25, 0.3) is 0 Å². The summed E-state index contributed by atoms with van der Waals surface area (Å²) in [6.45, 7) is 6.90. The van der Waals surface area contributed by atoms with Gasteiger partial charge in [-0.3, -0.25) is 4.79 Å². The zero-order valence-corrected chi connectivity index (χ0v) is 14.1. The Hall–Kier alpha value is -2.10. The Morgan fingerprint density at radius 2 is 1.96 bits per heavy atom.